The molecular weight excluding hydrogens is 479 g/mol. The lowest BCUT2D eigenvalue weighted by Crippen LogP contribution is -2.28. The van der Waals surface area contributed by atoms with Crippen molar-refractivity contribution in [1.29, 1.82) is 0 Å². The summed E-state index contributed by atoms with van der Waals surface area (Å²) in [6.07, 6.45) is -1.47. The van der Waals surface area contributed by atoms with Gasteiger partial charge in [-0.05, 0) is 31.0 Å². The molecule has 10 heteroatoms. The fourth-order valence-electron chi connectivity index (χ4n) is 4.24. The van der Waals surface area contributed by atoms with Crippen LogP contribution in [-0.4, -0.2) is 36.8 Å². The molecule has 0 aliphatic carbocycles. The molecule has 1 aliphatic heterocycles. The molecule has 0 bridgehead atoms. The van der Waals surface area contributed by atoms with Gasteiger partial charge in [0.05, 0.1) is 30.8 Å². The van der Waals surface area contributed by atoms with E-state index in [1.165, 1.54) is 18.2 Å². The highest BCUT2D eigenvalue weighted by molar-refractivity contribution is 6.17. The molecule has 1 amide bonds. The van der Waals surface area contributed by atoms with Crippen molar-refractivity contribution in [3.8, 4) is 11.5 Å². The summed E-state index contributed by atoms with van der Waals surface area (Å²) in [4.78, 5) is 26.2. The molecular formula is C26H24F3NO6. The van der Waals surface area contributed by atoms with Gasteiger partial charge in [0.15, 0.2) is 6.23 Å². The smallest absolute Gasteiger partial charge is 0.387 e. The van der Waals surface area contributed by atoms with Gasteiger partial charge in [-0.2, -0.15) is 8.78 Å². The van der Waals surface area contributed by atoms with Crippen molar-refractivity contribution in [3.63, 3.8) is 0 Å². The van der Waals surface area contributed by atoms with E-state index < -0.39 is 30.5 Å². The molecule has 0 aromatic heterocycles. The summed E-state index contributed by atoms with van der Waals surface area (Å²) < 4.78 is 57.1. The monoisotopic (exact) mass is 503 g/mol. The number of esters is 1. The number of benzene rings is 3. The molecule has 3 aromatic rings. The fraction of sp³-hybridized carbons (Fsp3) is 0.308. The molecule has 0 fully saturated rings. The number of halogens is 3. The van der Waals surface area contributed by atoms with Crippen molar-refractivity contribution in [1.82, 2.24) is 0 Å². The summed E-state index contributed by atoms with van der Waals surface area (Å²) in [6, 6.07) is 10.0. The Morgan fingerprint density at radius 1 is 1.11 bits per heavy atom. The molecule has 1 N–H and O–H groups in total. The van der Waals surface area contributed by atoms with Gasteiger partial charge in [0, 0.05) is 16.5 Å². The van der Waals surface area contributed by atoms with Crippen LogP contribution in [0.3, 0.4) is 0 Å². The van der Waals surface area contributed by atoms with Gasteiger partial charge in [-0.3, -0.25) is 14.5 Å². The van der Waals surface area contributed by atoms with Crippen LogP contribution in [0.25, 0.3) is 10.8 Å². The molecule has 0 radical (unpaired) electrons. The van der Waals surface area contributed by atoms with Crippen molar-refractivity contribution >= 4 is 28.3 Å². The van der Waals surface area contributed by atoms with Crippen molar-refractivity contribution < 1.29 is 42.1 Å². The highest BCUT2D eigenvalue weighted by Gasteiger charge is 2.44. The van der Waals surface area contributed by atoms with Crippen LogP contribution < -0.4 is 14.4 Å². The molecule has 3 aromatic carbocycles. The van der Waals surface area contributed by atoms with E-state index >= 15 is 0 Å². The predicted octanol–water partition coefficient (Wildman–Crippen LogP) is 5.13. The maximum Gasteiger partial charge on any atom is 0.387 e. The summed E-state index contributed by atoms with van der Waals surface area (Å²) in [5.74, 6) is -2.43. The Bertz CT molecular complexity index is 1310. The normalized spacial score (nSPS) is 14.9. The molecule has 1 atom stereocenters. The minimum Gasteiger partial charge on any atom is -0.492 e. The number of aliphatic hydroxyl groups excluding tert-OH is 1. The number of amides is 1. The number of hydrogen-bond donors (Lipinski definition) is 1. The van der Waals surface area contributed by atoms with Crippen LogP contribution in [0.5, 0.6) is 11.5 Å². The van der Waals surface area contributed by atoms with Crippen LogP contribution in [0.2, 0.25) is 0 Å². The van der Waals surface area contributed by atoms with Gasteiger partial charge in [0.25, 0.3) is 5.91 Å². The summed E-state index contributed by atoms with van der Waals surface area (Å²) in [5, 5.41) is 11.8. The number of alkyl halides is 2. The molecule has 1 heterocycles. The van der Waals surface area contributed by atoms with E-state index in [-0.39, 0.29) is 58.9 Å². The van der Waals surface area contributed by atoms with Gasteiger partial charge < -0.3 is 19.3 Å². The lowest BCUT2D eigenvalue weighted by molar-refractivity contribution is -0.142. The van der Waals surface area contributed by atoms with E-state index in [1.807, 2.05) is 6.92 Å². The van der Waals surface area contributed by atoms with Gasteiger partial charge >= 0.3 is 12.6 Å². The first-order valence-corrected chi connectivity index (χ1v) is 11.4. The van der Waals surface area contributed by atoms with Crippen molar-refractivity contribution in [2.45, 2.75) is 39.5 Å². The zero-order valence-corrected chi connectivity index (χ0v) is 19.6. The van der Waals surface area contributed by atoms with Gasteiger partial charge in [-0.1, -0.05) is 37.3 Å². The molecule has 1 aliphatic rings. The number of carbonyl (C=O) groups is 2. The van der Waals surface area contributed by atoms with E-state index in [2.05, 4.69) is 0 Å². The Morgan fingerprint density at radius 2 is 1.81 bits per heavy atom. The van der Waals surface area contributed by atoms with Gasteiger partial charge in [0.1, 0.15) is 17.3 Å². The van der Waals surface area contributed by atoms with E-state index in [0.717, 1.165) is 11.0 Å². The third-order valence-electron chi connectivity index (χ3n) is 5.71. The standard InChI is InChI=1S/C26H24F3NO6/c1-3-11-35-22-16-7-5-6-8-17(16)23(36-26(28)29)21-20(22)24(32)30(25(21)33)15-10-9-14(18(27)13-15)12-19(31)34-4-2/h5-10,13,25-26,33H,3-4,11-12H2,1-2H3. The third-order valence-corrected chi connectivity index (χ3v) is 5.71. The van der Waals surface area contributed by atoms with E-state index in [0.29, 0.717) is 11.8 Å². The van der Waals surface area contributed by atoms with Crippen molar-refractivity contribution in [2.75, 3.05) is 18.1 Å². The maximum atomic E-state index is 14.8. The number of rotatable bonds is 9. The van der Waals surface area contributed by atoms with Crippen LogP contribution in [0, 0.1) is 5.82 Å². The Morgan fingerprint density at radius 3 is 2.42 bits per heavy atom. The quantitative estimate of drug-likeness (QED) is 0.408. The predicted molar refractivity (Wildman–Crippen MR) is 125 cm³/mol. The van der Waals surface area contributed by atoms with Crippen LogP contribution in [-0.2, 0) is 16.0 Å². The largest absolute Gasteiger partial charge is 0.492 e. The lowest BCUT2D eigenvalue weighted by atomic mass is 9.98. The molecule has 7 nitrogen and oxygen atoms in total. The fourth-order valence-corrected chi connectivity index (χ4v) is 4.24. The topological polar surface area (TPSA) is 85.3 Å². The molecule has 190 valence electrons. The first-order chi connectivity index (χ1) is 17.3. The number of ether oxygens (including phenoxy) is 3. The van der Waals surface area contributed by atoms with Gasteiger partial charge in [-0.15, -0.1) is 0 Å². The lowest BCUT2D eigenvalue weighted by Gasteiger charge is -2.22. The Hall–Kier alpha value is -3.79. The molecule has 4 rings (SSSR count). The Labute approximate surface area is 205 Å². The second kappa shape index (κ2) is 10.4. The van der Waals surface area contributed by atoms with Gasteiger partial charge in [-0.25, -0.2) is 4.39 Å². The summed E-state index contributed by atoms with van der Waals surface area (Å²) in [5.41, 5.74) is -0.333. The second-order valence-corrected chi connectivity index (χ2v) is 8.03. The zero-order valence-electron chi connectivity index (χ0n) is 19.6. The number of carbonyl (C=O) groups excluding carboxylic acids is 2. The number of aliphatic hydroxyl groups is 1. The van der Waals surface area contributed by atoms with E-state index in [1.54, 1.807) is 25.1 Å². The number of anilines is 1. The Balaban J connectivity index is 1.85. The van der Waals surface area contributed by atoms with Gasteiger partial charge in [0.2, 0.25) is 0 Å². The Kier molecular flexibility index (Phi) is 7.35. The van der Waals surface area contributed by atoms with Crippen LogP contribution in [0.4, 0.5) is 18.9 Å². The average Bonchev–Trinajstić information content (AvgIpc) is 3.10. The summed E-state index contributed by atoms with van der Waals surface area (Å²) in [7, 11) is 0. The first kappa shape index (κ1) is 25.3. The first-order valence-electron chi connectivity index (χ1n) is 11.4. The highest BCUT2D eigenvalue weighted by atomic mass is 19.3. The molecule has 36 heavy (non-hydrogen) atoms. The summed E-state index contributed by atoms with van der Waals surface area (Å²) >= 11 is 0. The maximum absolute atomic E-state index is 14.8. The number of hydrogen-bond acceptors (Lipinski definition) is 6. The van der Waals surface area contributed by atoms with Crippen LogP contribution >= 0.6 is 0 Å². The van der Waals surface area contributed by atoms with Crippen molar-refractivity contribution in [2.24, 2.45) is 0 Å². The minimum atomic E-state index is -3.23. The van der Waals surface area contributed by atoms with Crippen LogP contribution in [0.1, 0.15) is 48.0 Å². The third kappa shape index (κ3) is 4.56. The SMILES string of the molecule is CCCOc1c2c(c(OC(F)F)c3ccccc13)C(O)N(c1ccc(CC(=O)OCC)c(F)c1)C2=O. The second-order valence-electron chi connectivity index (χ2n) is 8.03. The van der Waals surface area contributed by atoms with Crippen molar-refractivity contribution in [3.05, 3.63) is 65.0 Å². The van der Waals surface area contributed by atoms with Crippen LogP contribution in [0.15, 0.2) is 42.5 Å². The average molecular weight is 503 g/mol. The highest BCUT2D eigenvalue weighted by Crippen LogP contribution is 2.50. The summed E-state index contributed by atoms with van der Waals surface area (Å²) in [6.45, 7) is 0.636. The molecule has 1 unspecified atom stereocenters. The number of fused-ring (bicyclic) bond motifs is 2. The molecule has 0 saturated heterocycles. The molecule has 0 spiro atoms. The molecule has 0 saturated carbocycles. The zero-order chi connectivity index (χ0) is 26.0. The minimum absolute atomic E-state index is 0.0373. The number of nitrogens with zero attached hydrogens (tertiary/aromatic N) is 1. The van der Waals surface area contributed by atoms with E-state index in [4.69, 9.17) is 14.2 Å². The van der Waals surface area contributed by atoms with E-state index in [9.17, 15) is 27.9 Å².